The predicted molar refractivity (Wildman–Crippen MR) is 88.1 cm³/mol. The van der Waals surface area contributed by atoms with Gasteiger partial charge in [0.15, 0.2) is 0 Å². The Balaban J connectivity index is 2.19. The summed E-state index contributed by atoms with van der Waals surface area (Å²) in [7, 11) is 1.97. The van der Waals surface area contributed by atoms with Crippen LogP contribution in [0.1, 0.15) is 37.6 Å². The second kappa shape index (κ2) is 5.60. The van der Waals surface area contributed by atoms with Crippen LogP contribution in [0.25, 0.3) is 0 Å². The van der Waals surface area contributed by atoms with Crippen LogP contribution in [-0.4, -0.2) is 9.78 Å². The molecule has 0 unspecified atom stereocenters. The number of anilines is 1. The summed E-state index contributed by atoms with van der Waals surface area (Å²) in [5.41, 5.74) is 4.83. The maximum Gasteiger partial charge on any atom is 0.0727 e. The van der Waals surface area contributed by atoms with E-state index in [1.165, 1.54) is 11.1 Å². The summed E-state index contributed by atoms with van der Waals surface area (Å²) in [6.07, 6.45) is 2.10. The molecule has 0 bridgehead atoms. The van der Waals surface area contributed by atoms with Gasteiger partial charge < -0.3 is 5.32 Å². The van der Waals surface area contributed by atoms with Gasteiger partial charge in [-0.2, -0.15) is 5.10 Å². The van der Waals surface area contributed by atoms with Gasteiger partial charge in [-0.05, 0) is 30.7 Å². The number of aryl methyl sites for hydroxylation is 2. The van der Waals surface area contributed by atoms with Gasteiger partial charge in [0.05, 0.1) is 5.69 Å². The molecule has 0 fully saturated rings. The van der Waals surface area contributed by atoms with E-state index in [0.717, 1.165) is 22.4 Å². The van der Waals surface area contributed by atoms with E-state index >= 15 is 0 Å². The minimum Gasteiger partial charge on any atom is -0.381 e. The Kier molecular flexibility index (Phi) is 4.23. The second-order valence-electron chi connectivity index (χ2n) is 6.30. The summed E-state index contributed by atoms with van der Waals surface area (Å²) >= 11 is 3.53. The maximum atomic E-state index is 4.60. The van der Waals surface area contributed by atoms with Gasteiger partial charge in [0.25, 0.3) is 0 Å². The number of halogens is 1. The first kappa shape index (κ1) is 15.1. The molecular weight excluding hydrogens is 314 g/mol. The van der Waals surface area contributed by atoms with Crippen LogP contribution in [0.4, 0.5) is 5.69 Å². The van der Waals surface area contributed by atoms with Crippen LogP contribution < -0.4 is 5.32 Å². The first-order chi connectivity index (χ1) is 9.25. The van der Waals surface area contributed by atoms with Crippen molar-refractivity contribution in [1.82, 2.24) is 9.78 Å². The van der Waals surface area contributed by atoms with Crippen LogP contribution in [0.2, 0.25) is 0 Å². The molecule has 0 spiro atoms. The smallest absolute Gasteiger partial charge is 0.0727 e. The summed E-state index contributed by atoms with van der Waals surface area (Å²) in [6.45, 7) is 9.48. The normalized spacial score (nSPS) is 11.7. The zero-order valence-electron chi connectivity index (χ0n) is 12.8. The van der Waals surface area contributed by atoms with Crippen LogP contribution in [-0.2, 0) is 19.0 Å². The molecule has 0 amide bonds. The highest BCUT2D eigenvalue weighted by atomic mass is 79.9. The molecule has 0 saturated heterocycles. The molecular formula is C16H22BrN3. The molecule has 4 heteroatoms. The van der Waals surface area contributed by atoms with Crippen molar-refractivity contribution in [3.8, 4) is 0 Å². The molecule has 0 saturated carbocycles. The monoisotopic (exact) mass is 335 g/mol. The van der Waals surface area contributed by atoms with Crippen molar-refractivity contribution < 1.29 is 0 Å². The molecule has 0 radical (unpaired) electrons. The van der Waals surface area contributed by atoms with E-state index in [2.05, 4.69) is 78.4 Å². The Morgan fingerprint density at radius 1 is 1.25 bits per heavy atom. The summed E-state index contributed by atoms with van der Waals surface area (Å²) in [4.78, 5) is 0. The lowest BCUT2D eigenvalue weighted by molar-refractivity contribution is 0.549. The van der Waals surface area contributed by atoms with Crippen LogP contribution in [0.5, 0.6) is 0 Å². The van der Waals surface area contributed by atoms with Crippen molar-refractivity contribution in [2.75, 3.05) is 5.32 Å². The van der Waals surface area contributed by atoms with Crippen molar-refractivity contribution in [2.24, 2.45) is 7.05 Å². The van der Waals surface area contributed by atoms with E-state index in [0.29, 0.717) is 0 Å². The second-order valence-corrected chi connectivity index (χ2v) is 7.21. The molecule has 108 valence electrons. The van der Waals surface area contributed by atoms with Crippen molar-refractivity contribution >= 4 is 21.6 Å². The van der Waals surface area contributed by atoms with Crippen molar-refractivity contribution in [3.63, 3.8) is 0 Å². The van der Waals surface area contributed by atoms with Gasteiger partial charge in [-0.15, -0.1) is 0 Å². The van der Waals surface area contributed by atoms with Crippen LogP contribution in [0.3, 0.4) is 0 Å². The van der Waals surface area contributed by atoms with Crippen LogP contribution in [0, 0.1) is 6.92 Å². The highest BCUT2D eigenvalue weighted by molar-refractivity contribution is 9.10. The molecule has 20 heavy (non-hydrogen) atoms. The molecule has 3 nitrogen and oxygen atoms in total. The average molecular weight is 336 g/mol. The first-order valence-corrected chi connectivity index (χ1v) is 7.59. The highest BCUT2D eigenvalue weighted by Gasteiger charge is 2.21. The zero-order valence-corrected chi connectivity index (χ0v) is 14.4. The van der Waals surface area contributed by atoms with E-state index in [4.69, 9.17) is 0 Å². The fourth-order valence-electron chi connectivity index (χ4n) is 2.33. The molecule has 1 aromatic heterocycles. The lowest BCUT2D eigenvalue weighted by Crippen LogP contribution is -2.16. The lowest BCUT2D eigenvalue weighted by atomic mass is 9.89. The van der Waals surface area contributed by atoms with Gasteiger partial charge in [0.1, 0.15) is 0 Å². The van der Waals surface area contributed by atoms with Crippen molar-refractivity contribution in [1.29, 1.82) is 0 Å². The number of rotatable bonds is 3. The largest absolute Gasteiger partial charge is 0.381 e. The standard InChI is InChI=1S/C16H22BrN3/c1-11-6-13(17)8-14(7-11)18-9-12-10-20(5)19-15(12)16(2,3)4/h6-8,10,18H,9H2,1-5H3. The Morgan fingerprint density at radius 3 is 2.55 bits per heavy atom. The molecule has 2 rings (SSSR count). The molecule has 1 aromatic carbocycles. The Bertz CT molecular complexity index is 588. The Hall–Kier alpha value is -1.29. The average Bonchev–Trinajstić information content (AvgIpc) is 2.66. The topological polar surface area (TPSA) is 29.9 Å². The summed E-state index contributed by atoms with van der Waals surface area (Å²) < 4.78 is 2.99. The molecule has 0 aliphatic heterocycles. The third-order valence-corrected chi connectivity index (χ3v) is 3.60. The van der Waals surface area contributed by atoms with Gasteiger partial charge >= 0.3 is 0 Å². The van der Waals surface area contributed by atoms with Crippen molar-refractivity contribution in [3.05, 3.63) is 45.7 Å². The molecule has 0 aliphatic rings. The number of aromatic nitrogens is 2. The van der Waals surface area contributed by atoms with Gasteiger partial charge in [-0.1, -0.05) is 36.7 Å². The van der Waals surface area contributed by atoms with Gasteiger partial charge in [-0.3, -0.25) is 4.68 Å². The summed E-state index contributed by atoms with van der Waals surface area (Å²) in [6, 6.07) is 6.36. The lowest BCUT2D eigenvalue weighted by Gasteiger charge is -2.18. The molecule has 1 N–H and O–H groups in total. The number of hydrogen-bond acceptors (Lipinski definition) is 2. The van der Waals surface area contributed by atoms with Crippen LogP contribution >= 0.6 is 15.9 Å². The molecule has 1 heterocycles. The maximum absolute atomic E-state index is 4.60. The highest BCUT2D eigenvalue weighted by Crippen LogP contribution is 2.25. The fourth-order valence-corrected chi connectivity index (χ4v) is 2.94. The number of benzene rings is 1. The van der Waals surface area contributed by atoms with Gasteiger partial charge in [0.2, 0.25) is 0 Å². The number of nitrogens with zero attached hydrogens (tertiary/aromatic N) is 2. The van der Waals surface area contributed by atoms with Crippen molar-refractivity contribution in [2.45, 2.75) is 39.7 Å². The third-order valence-electron chi connectivity index (χ3n) is 3.14. The molecule has 2 aromatic rings. The van der Waals surface area contributed by atoms with Crippen LogP contribution in [0.15, 0.2) is 28.9 Å². The number of hydrogen-bond donors (Lipinski definition) is 1. The Morgan fingerprint density at radius 2 is 1.95 bits per heavy atom. The zero-order chi connectivity index (χ0) is 14.9. The van der Waals surface area contributed by atoms with E-state index in [1.54, 1.807) is 0 Å². The Labute approximate surface area is 129 Å². The van der Waals surface area contributed by atoms with E-state index < -0.39 is 0 Å². The molecule has 0 aliphatic carbocycles. The van der Waals surface area contributed by atoms with Gasteiger partial charge in [0, 0.05) is 40.9 Å². The number of nitrogens with one attached hydrogen (secondary N) is 1. The fraction of sp³-hybridized carbons (Fsp3) is 0.438. The minimum atomic E-state index is 0.0610. The summed E-state index contributed by atoms with van der Waals surface area (Å²) in [5.74, 6) is 0. The van der Waals surface area contributed by atoms with Gasteiger partial charge in [-0.25, -0.2) is 0 Å². The quantitative estimate of drug-likeness (QED) is 0.900. The summed E-state index contributed by atoms with van der Waals surface area (Å²) in [5, 5.41) is 8.08. The molecule has 0 atom stereocenters. The first-order valence-electron chi connectivity index (χ1n) is 6.80. The third kappa shape index (κ3) is 3.63. The predicted octanol–water partition coefficient (Wildman–Crippen LogP) is 4.40. The van der Waals surface area contributed by atoms with E-state index in [-0.39, 0.29) is 5.41 Å². The SMILES string of the molecule is Cc1cc(Br)cc(NCc2cn(C)nc2C(C)(C)C)c1. The van der Waals surface area contributed by atoms with E-state index in [1.807, 2.05) is 11.7 Å². The minimum absolute atomic E-state index is 0.0610. The van der Waals surface area contributed by atoms with E-state index in [9.17, 15) is 0 Å².